The summed E-state index contributed by atoms with van der Waals surface area (Å²) < 4.78 is 29.1. The monoisotopic (exact) mass is 446 g/mol. The van der Waals surface area contributed by atoms with Crippen LogP contribution in [0.1, 0.15) is 25.3 Å². The molecule has 2 heterocycles. The fourth-order valence-electron chi connectivity index (χ4n) is 3.74. The second kappa shape index (κ2) is 8.63. The van der Waals surface area contributed by atoms with Gasteiger partial charge in [-0.3, -0.25) is 15.0 Å². The molecule has 1 N–H and O–H groups in total. The van der Waals surface area contributed by atoms with E-state index in [1.807, 2.05) is 17.0 Å². The van der Waals surface area contributed by atoms with Gasteiger partial charge in [0.05, 0.1) is 5.52 Å². The van der Waals surface area contributed by atoms with Gasteiger partial charge in [0, 0.05) is 36.2 Å². The van der Waals surface area contributed by atoms with Crippen LogP contribution >= 0.6 is 11.6 Å². The Kier molecular flexibility index (Phi) is 5.91. The highest BCUT2D eigenvalue weighted by Gasteiger charge is 2.24. The van der Waals surface area contributed by atoms with Crippen molar-refractivity contribution in [1.29, 1.82) is 0 Å². The van der Waals surface area contributed by atoms with E-state index in [4.69, 9.17) is 11.6 Å². The molecule has 4 rings (SSSR count). The predicted octanol–water partition coefficient (Wildman–Crippen LogP) is 3.88. The van der Waals surface area contributed by atoms with Crippen LogP contribution in [0.5, 0.6) is 0 Å². The molecule has 1 saturated heterocycles. The van der Waals surface area contributed by atoms with Gasteiger partial charge in [0.25, 0.3) is 5.56 Å². The number of anilines is 1. The standard InChI is InChI=1S/C22H21ClF2N4O2/c1-13(10-14-4-6-15(23)7-5-14)20(30)27-29-21(31)19-17(25)11-16(24)12-18(19)26-22(29)28-8-2-3-9-28/h4-7,11-13H,2-3,8-10H2,1H3,(H,27,30). The number of nitrogens with zero attached hydrogens (tertiary/aromatic N) is 3. The first-order valence-electron chi connectivity index (χ1n) is 10.1. The zero-order valence-corrected chi connectivity index (χ0v) is 17.6. The van der Waals surface area contributed by atoms with Crippen LogP contribution in [0.3, 0.4) is 0 Å². The summed E-state index contributed by atoms with van der Waals surface area (Å²) in [5.74, 6) is -2.55. The lowest BCUT2D eigenvalue weighted by atomic mass is 10.0. The van der Waals surface area contributed by atoms with Crippen molar-refractivity contribution < 1.29 is 13.6 Å². The molecule has 1 aliphatic heterocycles. The lowest BCUT2D eigenvalue weighted by Crippen LogP contribution is -2.41. The number of amides is 1. The van der Waals surface area contributed by atoms with Gasteiger partial charge < -0.3 is 4.90 Å². The number of halogens is 3. The lowest BCUT2D eigenvalue weighted by molar-refractivity contribution is -0.120. The molecule has 0 radical (unpaired) electrons. The number of aromatic nitrogens is 2. The van der Waals surface area contributed by atoms with E-state index in [9.17, 15) is 18.4 Å². The molecule has 31 heavy (non-hydrogen) atoms. The highest BCUT2D eigenvalue weighted by molar-refractivity contribution is 6.30. The molecule has 2 aromatic carbocycles. The Morgan fingerprint density at radius 3 is 2.55 bits per heavy atom. The van der Waals surface area contributed by atoms with Gasteiger partial charge in [0.2, 0.25) is 11.9 Å². The number of nitrogens with one attached hydrogen (secondary N) is 1. The number of hydrogen-bond acceptors (Lipinski definition) is 4. The third-order valence-corrected chi connectivity index (χ3v) is 5.64. The topological polar surface area (TPSA) is 67.2 Å². The van der Waals surface area contributed by atoms with Gasteiger partial charge in [0.15, 0.2) is 0 Å². The normalized spacial score (nSPS) is 14.8. The lowest BCUT2D eigenvalue weighted by Gasteiger charge is -2.23. The number of carbonyl (C=O) groups is 1. The molecule has 6 nitrogen and oxygen atoms in total. The maximum Gasteiger partial charge on any atom is 0.284 e. The molecule has 0 saturated carbocycles. The van der Waals surface area contributed by atoms with E-state index in [0.717, 1.165) is 29.1 Å². The van der Waals surface area contributed by atoms with Crippen LogP contribution < -0.4 is 15.9 Å². The molecule has 1 fully saturated rings. The van der Waals surface area contributed by atoms with E-state index < -0.39 is 29.0 Å². The number of rotatable bonds is 5. The average Bonchev–Trinajstić information content (AvgIpc) is 3.25. The molecule has 1 unspecified atom stereocenters. The summed E-state index contributed by atoms with van der Waals surface area (Å²) in [6.07, 6.45) is 2.22. The van der Waals surface area contributed by atoms with Gasteiger partial charge >= 0.3 is 0 Å². The summed E-state index contributed by atoms with van der Waals surface area (Å²) in [7, 11) is 0. The van der Waals surface area contributed by atoms with Gasteiger partial charge in [0.1, 0.15) is 17.0 Å². The quantitative estimate of drug-likeness (QED) is 0.646. The first-order valence-corrected chi connectivity index (χ1v) is 10.4. The van der Waals surface area contributed by atoms with Crippen molar-refractivity contribution in [3.8, 4) is 0 Å². The van der Waals surface area contributed by atoms with Crippen molar-refractivity contribution in [2.24, 2.45) is 5.92 Å². The first kappa shape index (κ1) is 21.2. The maximum atomic E-state index is 14.4. The highest BCUT2D eigenvalue weighted by atomic mass is 35.5. The SMILES string of the molecule is CC(Cc1ccc(Cl)cc1)C(=O)Nn1c(N2CCCC2)nc2cc(F)cc(F)c2c1=O. The van der Waals surface area contributed by atoms with Crippen LogP contribution in [0, 0.1) is 17.6 Å². The van der Waals surface area contributed by atoms with Crippen LogP contribution in [0.2, 0.25) is 5.02 Å². The third kappa shape index (κ3) is 4.39. The second-order valence-electron chi connectivity index (χ2n) is 7.74. The summed E-state index contributed by atoms with van der Waals surface area (Å²) in [6, 6.07) is 8.80. The van der Waals surface area contributed by atoms with E-state index in [1.54, 1.807) is 19.1 Å². The van der Waals surface area contributed by atoms with E-state index in [1.165, 1.54) is 0 Å². The Morgan fingerprint density at radius 2 is 1.87 bits per heavy atom. The fraction of sp³-hybridized carbons (Fsp3) is 0.318. The summed E-state index contributed by atoms with van der Waals surface area (Å²) in [5, 5.41) is 0.235. The van der Waals surface area contributed by atoms with Crippen molar-refractivity contribution in [2.45, 2.75) is 26.2 Å². The summed E-state index contributed by atoms with van der Waals surface area (Å²) in [5.41, 5.74) is 2.65. The number of carbonyl (C=O) groups excluding carboxylic acids is 1. The van der Waals surface area contributed by atoms with E-state index in [0.29, 0.717) is 30.6 Å². The minimum atomic E-state index is -1.02. The third-order valence-electron chi connectivity index (χ3n) is 5.39. The molecule has 1 aromatic heterocycles. The number of fused-ring (bicyclic) bond motifs is 1. The second-order valence-corrected chi connectivity index (χ2v) is 8.17. The zero-order chi connectivity index (χ0) is 22.1. The molecule has 1 aliphatic rings. The van der Waals surface area contributed by atoms with Gasteiger partial charge in [-0.1, -0.05) is 30.7 Å². The van der Waals surface area contributed by atoms with Crippen molar-refractivity contribution in [3.05, 3.63) is 69.0 Å². The maximum absolute atomic E-state index is 14.4. The molecule has 162 valence electrons. The fourth-order valence-corrected chi connectivity index (χ4v) is 3.86. The molecular weight excluding hydrogens is 426 g/mol. The Bertz CT molecular complexity index is 1190. The average molecular weight is 447 g/mol. The Hall–Kier alpha value is -3.00. The van der Waals surface area contributed by atoms with Crippen molar-refractivity contribution in [2.75, 3.05) is 23.4 Å². The molecule has 0 spiro atoms. The van der Waals surface area contributed by atoms with Gasteiger partial charge in [-0.05, 0) is 37.0 Å². The van der Waals surface area contributed by atoms with E-state index in [-0.39, 0.29) is 16.9 Å². The minimum Gasteiger partial charge on any atom is -0.341 e. The molecule has 0 bridgehead atoms. The van der Waals surface area contributed by atoms with Crippen LogP contribution in [0.4, 0.5) is 14.7 Å². The van der Waals surface area contributed by atoms with Crippen molar-refractivity contribution >= 4 is 34.4 Å². The number of hydrogen-bond donors (Lipinski definition) is 1. The zero-order valence-electron chi connectivity index (χ0n) is 16.9. The van der Waals surface area contributed by atoms with E-state index >= 15 is 0 Å². The molecular formula is C22H21ClF2N4O2. The van der Waals surface area contributed by atoms with Crippen LogP contribution in [0.25, 0.3) is 10.9 Å². The first-order chi connectivity index (χ1) is 14.8. The molecule has 1 atom stereocenters. The Labute approximate surface area is 182 Å². The van der Waals surface area contributed by atoms with Crippen LogP contribution in [-0.4, -0.2) is 28.7 Å². The molecule has 1 amide bonds. The number of benzene rings is 2. The van der Waals surface area contributed by atoms with Crippen LogP contribution in [-0.2, 0) is 11.2 Å². The largest absolute Gasteiger partial charge is 0.341 e. The summed E-state index contributed by atoms with van der Waals surface area (Å²) >= 11 is 5.90. The minimum absolute atomic E-state index is 0.0795. The summed E-state index contributed by atoms with van der Waals surface area (Å²) in [4.78, 5) is 32.1. The molecule has 9 heteroatoms. The Morgan fingerprint density at radius 1 is 1.19 bits per heavy atom. The Balaban J connectivity index is 1.70. The highest BCUT2D eigenvalue weighted by Crippen LogP contribution is 2.22. The van der Waals surface area contributed by atoms with Crippen molar-refractivity contribution in [1.82, 2.24) is 9.66 Å². The van der Waals surface area contributed by atoms with Crippen LogP contribution in [0.15, 0.2) is 41.2 Å². The van der Waals surface area contributed by atoms with Gasteiger partial charge in [-0.2, -0.15) is 4.68 Å². The molecule has 3 aromatic rings. The smallest absolute Gasteiger partial charge is 0.284 e. The predicted molar refractivity (Wildman–Crippen MR) is 116 cm³/mol. The summed E-state index contributed by atoms with van der Waals surface area (Å²) in [6.45, 7) is 2.99. The van der Waals surface area contributed by atoms with Gasteiger partial charge in [-0.15, -0.1) is 0 Å². The van der Waals surface area contributed by atoms with Crippen molar-refractivity contribution in [3.63, 3.8) is 0 Å². The van der Waals surface area contributed by atoms with E-state index in [2.05, 4.69) is 10.4 Å². The molecule has 0 aliphatic carbocycles. The van der Waals surface area contributed by atoms with Gasteiger partial charge in [-0.25, -0.2) is 13.8 Å².